The van der Waals surface area contributed by atoms with E-state index in [0.29, 0.717) is 17.0 Å². The molecule has 25 heavy (non-hydrogen) atoms. The van der Waals surface area contributed by atoms with E-state index >= 15 is 0 Å². The monoisotopic (exact) mass is 365 g/mol. The highest BCUT2D eigenvalue weighted by Gasteiger charge is 2.24. The lowest BCUT2D eigenvalue weighted by Crippen LogP contribution is -2.29. The van der Waals surface area contributed by atoms with Crippen molar-refractivity contribution >= 4 is 24.3 Å². The van der Waals surface area contributed by atoms with Gasteiger partial charge in [-0.3, -0.25) is 14.6 Å². The Morgan fingerprint density at radius 1 is 1.08 bits per heavy atom. The molecule has 0 aliphatic carbocycles. The summed E-state index contributed by atoms with van der Waals surface area (Å²) >= 11 is 0. The number of fused-ring (bicyclic) bond motifs is 1. The number of benzene rings is 2. The standard InChI is InChI=1S/C18H24NO5P/c1-3-23-25(22,24-4-2)14-8-13-19(21)18(20)17-12-7-10-15-9-5-6-11-16(15)17/h5-7,9-12,21H,3-4,8,13-14H2,1-2H3. The minimum absolute atomic E-state index is 0.0478. The number of carbonyl (C=O) groups excluding carboxylic acids is 1. The lowest BCUT2D eigenvalue weighted by molar-refractivity contribution is -0.0577. The van der Waals surface area contributed by atoms with Crippen molar-refractivity contribution in [3.05, 3.63) is 48.0 Å². The quantitative estimate of drug-likeness (QED) is 0.407. The molecule has 2 aromatic carbocycles. The maximum absolute atomic E-state index is 12.5. The number of rotatable bonds is 9. The van der Waals surface area contributed by atoms with Crippen LogP contribution in [0.25, 0.3) is 10.8 Å². The highest BCUT2D eigenvalue weighted by atomic mass is 31.2. The normalized spacial score (nSPS) is 11.6. The second kappa shape index (κ2) is 9.11. The molecule has 1 N–H and O–H groups in total. The second-order valence-corrected chi connectivity index (χ2v) is 7.66. The molecule has 0 heterocycles. The lowest BCUT2D eigenvalue weighted by atomic mass is 10.0. The molecule has 0 unspecified atom stereocenters. The van der Waals surface area contributed by atoms with Crippen molar-refractivity contribution in [2.45, 2.75) is 20.3 Å². The summed E-state index contributed by atoms with van der Waals surface area (Å²) in [6, 6.07) is 12.9. The molecule has 0 bridgehead atoms. The zero-order valence-corrected chi connectivity index (χ0v) is 15.4. The molecule has 7 heteroatoms. The predicted octanol–water partition coefficient (Wildman–Crippen LogP) is 4.33. The van der Waals surface area contributed by atoms with Gasteiger partial charge in [-0.1, -0.05) is 36.4 Å². The number of carbonyl (C=O) groups is 1. The van der Waals surface area contributed by atoms with Gasteiger partial charge in [0.05, 0.1) is 19.4 Å². The number of nitrogens with zero attached hydrogens (tertiary/aromatic N) is 1. The van der Waals surface area contributed by atoms with E-state index in [2.05, 4.69) is 0 Å². The van der Waals surface area contributed by atoms with E-state index in [1.165, 1.54) is 0 Å². The average molecular weight is 365 g/mol. The van der Waals surface area contributed by atoms with E-state index < -0.39 is 13.5 Å². The summed E-state index contributed by atoms with van der Waals surface area (Å²) < 4.78 is 22.8. The van der Waals surface area contributed by atoms with Crippen LogP contribution >= 0.6 is 7.60 Å². The van der Waals surface area contributed by atoms with E-state index in [9.17, 15) is 14.6 Å². The molecule has 0 atom stereocenters. The Labute approximate surface area is 147 Å². The minimum atomic E-state index is -3.17. The zero-order chi connectivity index (χ0) is 18.3. The summed E-state index contributed by atoms with van der Waals surface area (Å²) in [5.74, 6) is -0.487. The predicted molar refractivity (Wildman–Crippen MR) is 97.1 cm³/mol. The van der Waals surface area contributed by atoms with E-state index in [1.807, 2.05) is 30.3 Å². The Morgan fingerprint density at radius 2 is 1.72 bits per heavy atom. The van der Waals surface area contributed by atoms with Crippen molar-refractivity contribution < 1.29 is 23.6 Å². The third kappa shape index (κ3) is 5.13. The summed E-state index contributed by atoms with van der Waals surface area (Å²) in [4.78, 5) is 12.5. The van der Waals surface area contributed by atoms with Gasteiger partial charge in [-0.25, -0.2) is 5.06 Å². The maximum Gasteiger partial charge on any atom is 0.330 e. The molecule has 0 saturated carbocycles. The number of hydroxylamine groups is 2. The molecular weight excluding hydrogens is 341 g/mol. The van der Waals surface area contributed by atoms with Gasteiger partial charge in [0.15, 0.2) is 0 Å². The average Bonchev–Trinajstić information content (AvgIpc) is 2.61. The van der Waals surface area contributed by atoms with Crippen molar-refractivity contribution in [1.82, 2.24) is 5.06 Å². The first-order chi connectivity index (χ1) is 12.0. The van der Waals surface area contributed by atoms with Crippen LogP contribution in [0.5, 0.6) is 0 Å². The van der Waals surface area contributed by atoms with E-state index in [-0.39, 0.29) is 25.9 Å². The van der Waals surface area contributed by atoms with Gasteiger partial charge in [0.2, 0.25) is 0 Å². The number of amides is 1. The van der Waals surface area contributed by atoms with Gasteiger partial charge in [-0.15, -0.1) is 0 Å². The van der Waals surface area contributed by atoms with E-state index in [4.69, 9.17) is 9.05 Å². The molecule has 2 rings (SSSR count). The Bertz CT molecular complexity index is 749. The maximum atomic E-state index is 12.5. The third-order valence-corrected chi connectivity index (χ3v) is 5.88. The molecule has 0 aliphatic heterocycles. The van der Waals surface area contributed by atoms with Crippen molar-refractivity contribution in [3.8, 4) is 0 Å². The highest BCUT2D eigenvalue weighted by Crippen LogP contribution is 2.48. The summed E-state index contributed by atoms with van der Waals surface area (Å²) in [5, 5.41) is 12.5. The Morgan fingerprint density at radius 3 is 2.40 bits per heavy atom. The largest absolute Gasteiger partial charge is 0.330 e. The smallest absolute Gasteiger partial charge is 0.309 e. The van der Waals surface area contributed by atoms with Crippen molar-refractivity contribution in [2.24, 2.45) is 0 Å². The van der Waals surface area contributed by atoms with Crippen LogP contribution in [0.15, 0.2) is 42.5 Å². The van der Waals surface area contributed by atoms with Gasteiger partial charge in [0.25, 0.3) is 5.91 Å². The van der Waals surface area contributed by atoms with E-state index in [1.54, 1.807) is 26.0 Å². The summed E-state index contributed by atoms with van der Waals surface area (Å²) in [7, 11) is -3.17. The van der Waals surface area contributed by atoms with Gasteiger partial charge >= 0.3 is 7.60 Å². The summed E-state index contributed by atoms with van der Waals surface area (Å²) in [6.07, 6.45) is 0.457. The summed E-state index contributed by atoms with van der Waals surface area (Å²) in [6.45, 7) is 4.11. The van der Waals surface area contributed by atoms with Crippen LogP contribution in [-0.2, 0) is 13.6 Å². The zero-order valence-electron chi connectivity index (χ0n) is 14.6. The van der Waals surface area contributed by atoms with Crippen LogP contribution in [0.1, 0.15) is 30.6 Å². The first-order valence-corrected chi connectivity index (χ1v) is 10.1. The van der Waals surface area contributed by atoms with Crippen LogP contribution in [-0.4, -0.2) is 42.1 Å². The third-order valence-electron chi connectivity index (χ3n) is 3.71. The Balaban J connectivity index is 2.01. The Kier molecular flexibility index (Phi) is 7.14. The number of hydrogen-bond donors (Lipinski definition) is 1. The van der Waals surface area contributed by atoms with Crippen LogP contribution in [0.3, 0.4) is 0 Å². The fourth-order valence-corrected chi connectivity index (χ4v) is 4.27. The molecule has 1 amide bonds. The van der Waals surface area contributed by atoms with Crippen LogP contribution in [0.4, 0.5) is 0 Å². The van der Waals surface area contributed by atoms with Crippen molar-refractivity contribution in [1.29, 1.82) is 0 Å². The number of hydrogen-bond acceptors (Lipinski definition) is 5. The van der Waals surface area contributed by atoms with E-state index in [0.717, 1.165) is 10.8 Å². The minimum Gasteiger partial charge on any atom is -0.309 e. The lowest BCUT2D eigenvalue weighted by Gasteiger charge is -2.19. The van der Waals surface area contributed by atoms with Crippen LogP contribution < -0.4 is 0 Å². The fourth-order valence-electron chi connectivity index (χ4n) is 2.63. The first-order valence-electron chi connectivity index (χ1n) is 8.37. The van der Waals surface area contributed by atoms with Crippen LogP contribution in [0, 0.1) is 0 Å². The van der Waals surface area contributed by atoms with Gasteiger partial charge in [0, 0.05) is 12.1 Å². The van der Waals surface area contributed by atoms with Gasteiger partial charge in [-0.05, 0) is 37.1 Å². The molecule has 0 aromatic heterocycles. The molecular formula is C18H24NO5P. The van der Waals surface area contributed by atoms with Crippen LogP contribution in [0.2, 0.25) is 0 Å². The highest BCUT2D eigenvalue weighted by molar-refractivity contribution is 7.53. The van der Waals surface area contributed by atoms with Gasteiger partial charge in [-0.2, -0.15) is 0 Å². The topological polar surface area (TPSA) is 76.1 Å². The second-order valence-electron chi connectivity index (χ2n) is 5.48. The van der Waals surface area contributed by atoms with Gasteiger partial charge in [0.1, 0.15) is 0 Å². The molecule has 2 aromatic rings. The molecule has 0 radical (unpaired) electrons. The Hall–Kier alpha value is -1.72. The van der Waals surface area contributed by atoms with Crippen molar-refractivity contribution in [3.63, 3.8) is 0 Å². The first kappa shape index (κ1) is 19.6. The molecule has 0 aliphatic rings. The van der Waals surface area contributed by atoms with Gasteiger partial charge < -0.3 is 9.05 Å². The fraction of sp³-hybridized carbons (Fsp3) is 0.389. The molecule has 136 valence electrons. The molecule has 0 saturated heterocycles. The SMILES string of the molecule is CCOP(=O)(CCCN(O)C(=O)c1cccc2ccccc12)OCC. The molecule has 6 nitrogen and oxygen atoms in total. The summed E-state index contributed by atoms with van der Waals surface area (Å²) in [5.41, 5.74) is 0.429. The molecule has 0 spiro atoms. The molecule has 0 fully saturated rings. The van der Waals surface area contributed by atoms with Crippen molar-refractivity contribution in [2.75, 3.05) is 25.9 Å².